The Bertz CT molecular complexity index is 506. The van der Waals surface area contributed by atoms with E-state index in [0.29, 0.717) is 0 Å². The van der Waals surface area contributed by atoms with Crippen molar-refractivity contribution >= 4 is 5.69 Å². The highest BCUT2D eigenvalue weighted by molar-refractivity contribution is 5.50. The van der Waals surface area contributed by atoms with Crippen LogP contribution in [0.4, 0.5) is 5.69 Å². The fourth-order valence-corrected chi connectivity index (χ4v) is 1.51. The fraction of sp³-hybridized carbons (Fsp3) is 0.143. The molecule has 0 radical (unpaired) electrons. The van der Waals surface area contributed by atoms with E-state index in [2.05, 4.69) is 0 Å². The summed E-state index contributed by atoms with van der Waals surface area (Å²) in [4.78, 5) is 0. The molecule has 0 aliphatic carbocycles. The molecule has 0 spiro atoms. The number of rotatable bonds is 2. The molecule has 0 heterocycles. The maximum atomic E-state index is 5.79. The zero-order valence-corrected chi connectivity index (χ0v) is 9.53. The van der Waals surface area contributed by atoms with Crippen LogP contribution in [0, 0.1) is 13.8 Å². The van der Waals surface area contributed by atoms with Gasteiger partial charge in [-0.15, -0.1) is 0 Å². The highest BCUT2D eigenvalue weighted by Gasteiger charge is 2.01. The first kappa shape index (κ1) is 10.6. The minimum atomic E-state index is 0.789. The Hall–Kier alpha value is -1.96. The Balaban J connectivity index is 2.28. The summed E-state index contributed by atoms with van der Waals surface area (Å²) in [5, 5.41) is 0. The summed E-state index contributed by atoms with van der Waals surface area (Å²) in [6.45, 7) is 4.00. The molecular weight excluding hydrogens is 198 g/mol. The van der Waals surface area contributed by atoms with Crippen LogP contribution in [0.15, 0.2) is 42.5 Å². The number of hydrogen-bond acceptors (Lipinski definition) is 2. The lowest BCUT2D eigenvalue weighted by atomic mass is 10.2. The van der Waals surface area contributed by atoms with Crippen LogP contribution >= 0.6 is 0 Å². The highest BCUT2D eigenvalue weighted by Crippen LogP contribution is 2.26. The monoisotopic (exact) mass is 213 g/mol. The largest absolute Gasteiger partial charge is 0.457 e. The Morgan fingerprint density at radius 2 is 1.69 bits per heavy atom. The number of hydrogen-bond donors (Lipinski definition) is 1. The molecule has 0 atom stereocenters. The van der Waals surface area contributed by atoms with Crippen molar-refractivity contribution < 1.29 is 4.74 Å². The zero-order valence-electron chi connectivity index (χ0n) is 9.53. The molecule has 2 rings (SSSR count). The number of nitrogens with two attached hydrogens (primary N) is 1. The van der Waals surface area contributed by atoms with E-state index in [0.717, 1.165) is 28.3 Å². The number of nitrogen functional groups attached to an aromatic ring is 1. The van der Waals surface area contributed by atoms with Crippen molar-refractivity contribution in [2.75, 3.05) is 5.73 Å². The van der Waals surface area contributed by atoms with E-state index >= 15 is 0 Å². The van der Waals surface area contributed by atoms with Crippen LogP contribution in [0.25, 0.3) is 0 Å². The Morgan fingerprint density at radius 1 is 0.938 bits per heavy atom. The van der Waals surface area contributed by atoms with Crippen molar-refractivity contribution in [3.05, 3.63) is 53.6 Å². The molecule has 0 amide bonds. The van der Waals surface area contributed by atoms with Crippen LogP contribution in [0.1, 0.15) is 11.1 Å². The third-order valence-corrected chi connectivity index (χ3v) is 2.56. The molecule has 2 N–H and O–H groups in total. The predicted octanol–water partition coefficient (Wildman–Crippen LogP) is 3.68. The Labute approximate surface area is 95.7 Å². The lowest BCUT2D eigenvalue weighted by Crippen LogP contribution is -1.91. The molecule has 0 unspecified atom stereocenters. The summed E-state index contributed by atoms with van der Waals surface area (Å²) in [6.07, 6.45) is 0. The molecule has 0 fully saturated rings. The van der Waals surface area contributed by atoms with Crippen LogP contribution in [0.3, 0.4) is 0 Å². The van der Waals surface area contributed by atoms with Gasteiger partial charge in [0.05, 0.1) is 0 Å². The normalized spacial score (nSPS) is 10.1. The minimum Gasteiger partial charge on any atom is -0.457 e. The van der Waals surface area contributed by atoms with Crippen molar-refractivity contribution in [1.29, 1.82) is 0 Å². The van der Waals surface area contributed by atoms with Gasteiger partial charge in [-0.25, -0.2) is 0 Å². The zero-order chi connectivity index (χ0) is 11.5. The number of para-hydroxylation sites is 1. The summed E-state index contributed by atoms with van der Waals surface area (Å²) in [5.74, 6) is 1.70. The predicted molar refractivity (Wildman–Crippen MR) is 66.8 cm³/mol. The van der Waals surface area contributed by atoms with Crippen LogP contribution < -0.4 is 10.5 Å². The second-order valence-electron chi connectivity index (χ2n) is 3.89. The molecule has 2 aromatic carbocycles. The molecule has 0 saturated carbocycles. The molecule has 2 heteroatoms. The number of aryl methyl sites for hydroxylation is 2. The summed E-state index contributed by atoms with van der Waals surface area (Å²) in [6, 6.07) is 13.6. The van der Waals surface area contributed by atoms with E-state index in [9.17, 15) is 0 Å². The highest BCUT2D eigenvalue weighted by atomic mass is 16.5. The van der Waals surface area contributed by atoms with Gasteiger partial charge in [0.25, 0.3) is 0 Å². The summed E-state index contributed by atoms with van der Waals surface area (Å²) in [5.41, 5.74) is 8.70. The Kier molecular flexibility index (Phi) is 2.82. The van der Waals surface area contributed by atoms with Gasteiger partial charge in [0.1, 0.15) is 11.5 Å². The number of ether oxygens (including phenoxy) is 1. The fourth-order valence-electron chi connectivity index (χ4n) is 1.51. The number of benzene rings is 2. The van der Waals surface area contributed by atoms with E-state index in [4.69, 9.17) is 10.5 Å². The molecule has 0 saturated heterocycles. The molecule has 0 bridgehead atoms. The Morgan fingerprint density at radius 3 is 2.38 bits per heavy atom. The third-order valence-electron chi connectivity index (χ3n) is 2.56. The van der Waals surface area contributed by atoms with Crippen molar-refractivity contribution in [3.8, 4) is 11.5 Å². The van der Waals surface area contributed by atoms with Crippen molar-refractivity contribution in [2.45, 2.75) is 13.8 Å². The van der Waals surface area contributed by atoms with E-state index in [1.165, 1.54) is 0 Å². The quantitative estimate of drug-likeness (QED) is 0.772. The van der Waals surface area contributed by atoms with Gasteiger partial charge in [-0.2, -0.15) is 0 Å². The summed E-state index contributed by atoms with van der Waals surface area (Å²) >= 11 is 0. The van der Waals surface area contributed by atoms with Crippen molar-refractivity contribution in [3.63, 3.8) is 0 Å². The van der Waals surface area contributed by atoms with Gasteiger partial charge in [-0.1, -0.05) is 18.2 Å². The van der Waals surface area contributed by atoms with Crippen molar-refractivity contribution in [1.82, 2.24) is 0 Å². The average molecular weight is 213 g/mol. The van der Waals surface area contributed by atoms with Crippen LogP contribution in [0.5, 0.6) is 11.5 Å². The summed E-state index contributed by atoms with van der Waals surface area (Å²) in [7, 11) is 0. The second-order valence-corrected chi connectivity index (χ2v) is 3.89. The van der Waals surface area contributed by atoms with E-state index in [1.807, 2.05) is 56.3 Å². The lowest BCUT2D eigenvalue weighted by Gasteiger charge is -2.09. The van der Waals surface area contributed by atoms with Crippen LogP contribution in [-0.2, 0) is 0 Å². The van der Waals surface area contributed by atoms with E-state index in [-0.39, 0.29) is 0 Å². The topological polar surface area (TPSA) is 35.2 Å². The van der Waals surface area contributed by atoms with Crippen LogP contribution in [0.2, 0.25) is 0 Å². The van der Waals surface area contributed by atoms with Gasteiger partial charge >= 0.3 is 0 Å². The summed E-state index contributed by atoms with van der Waals surface area (Å²) < 4.78 is 5.79. The molecule has 0 aliphatic rings. The van der Waals surface area contributed by atoms with Gasteiger partial charge in [0.2, 0.25) is 0 Å². The standard InChI is InChI=1S/C14H15NO/c1-10-5-3-4-6-14(10)16-12-7-8-13(15)11(2)9-12/h3-9H,15H2,1-2H3. The first-order chi connectivity index (χ1) is 7.66. The first-order valence-corrected chi connectivity index (χ1v) is 5.26. The SMILES string of the molecule is Cc1cc(Oc2ccccc2C)ccc1N. The molecule has 82 valence electrons. The molecule has 16 heavy (non-hydrogen) atoms. The van der Waals surface area contributed by atoms with Gasteiger partial charge in [-0.3, -0.25) is 0 Å². The third kappa shape index (κ3) is 2.16. The van der Waals surface area contributed by atoms with Gasteiger partial charge in [-0.05, 0) is 49.2 Å². The first-order valence-electron chi connectivity index (χ1n) is 5.26. The van der Waals surface area contributed by atoms with Crippen LogP contribution in [-0.4, -0.2) is 0 Å². The molecule has 0 aromatic heterocycles. The second kappa shape index (κ2) is 4.27. The van der Waals surface area contributed by atoms with Gasteiger partial charge < -0.3 is 10.5 Å². The molecule has 2 nitrogen and oxygen atoms in total. The minimum absolute atomic E-state index is 0.789. The van der Waals surface area contributed by atoms with E-state index in [1.54, 1.807) is 0 Å². The van der Waals surface area contributed by atoms with Gasteiger partial charge in [0, 0.05) is 5.69 Å². The maximum absolute atomic E-state index is 5.79. The van der Waals surface area contributed by atoms with Gasteiger partial charge in [0.15, 0.2) is 0 Å². The number of anilines is 1. The molecular formula is C14H15NO. The molecule has 2 aromatic rings. The average Bonchev–Trinajstić information content (AvgIpc) is 2.27. The smallest absolute Gasteiger partial charge is 0.130 e. The maximum Gasteiger partial charge on any atom is 0.130 e. The van der Waals surface area contributed by atoms with E-state index < -0.39 is 0 Å². The van der Waals surface area contributed by atoms with Crippen molar-refractivity contribution in [2.24, 2.45) is 0 Å². The molecule has 0 aliphatic heterocycles. The lowest BCUT2D eigenvalue weighted by molar-refractivity contribution is 0.478.